The third-order valence-electron chi connectivity index (χ3n) is 3.88. The van der Waals surface area contributed by atoms with Crippen LogP contribution in [0.4, 0.5) is 0 Å². The minimum Gasteiger partial charge on any atom is -0.327 e. The van der Waals surface area contributed by atoms with Crippen LogP contribution in [-0.2, 0) is 12.4 Å². The van der Waals surface area contributed by atoms with Crippen LogP contribution in [0.15, 0.2) is 18.2 Å². The fraction of sp³-hybridized carbons (Fsp3) is 0.562. The Morgan fingerprint density at radius 1 is 1.35 bits per heavy atom. The van der Waals surface area contributed by atoms with Gasteiger partial charge in [-0.25, -0.2) is 4.98 Å². The van der Waals surface area contributed by atoms with Crippen LogP contribution in [0.5, 0.6) is 0 Å². The smallest absolute Gasteiger partial charge is 0.124 e. The van der Waals surface area contributed by atoms with Crippen molar-refractivity contribution in [1.82, 2.24) is 14.5 Å². The summed E-state index contributed by atoms with van der Waals surface area (Å²) in [6, 6.07) is 7.01. The van der Waals surface area contributed by atoms with Gasteiger partial charge in [-0.3, -0.25) is 0 Å². The topological polar surface area (TPSA) is 21.1 Å². The van der Waals surface area contributed by atoms with Gasteiger partial charge < -0.3 is 9.47 Å². The molecule has 0 bridgehead atoms. The molecule has 0 unspecified atom stereocenters. The molecule has 2 rings (SSSR count). The number of imidazole rings is 1. The maximum Gasteiger partial charge on any atom is 0.124 e. The molecule has 2 aromatic rings. The Bertz CT molecular complexity index is 574. The second-order valence-electron chi connectivity index (χ2n) is 5.73. The fourth-order valence-corrected chi connectivity index (χ4v) is 2.58. The third kappa shape index (κ3) is 3.33. The standard InChI is InChI=1S/C16H24ClN3/c1-12(2)19(4)8-5-9-20-15-7-6-13(3)10-14(15)18-16(20)11-17/h6-7,10,12H,5,8-9,11H2,1-4H3. The molecular formula is C16H24ClN3. The Hall–Kier alpha value is -1.06. The van der Waals surface area contributed by atoms with Crippen molar-refractivity contribution in [2.45, 2.75) is 45.7 Å². The Morgan fingerprint density at radius 3 is 2.75 bits per heavy atom. The molecule has 0 aliphatic carbocycles. The average Bonchev–Trinajstić information content (AvgIpc) is 2.75. The summed E-state index contributed by atoms with van der Waals surface area (Å²) >= 11 is 6.04. The lowest BCUT2D eigenvalue weighted by atomic mass is 10.2. The van der Waals surface area contributed by atoms with Gasteiger partial charge in [-0.1, -0.05) is 6.07 Å². The van der Waals surface area contributed by atoms with Crippen LogP contribution in [-0.4, -0.2) is 34.1 Å². The number of aromatic nitrogens is 2. The zero-order chi connectivity index (χ0) is 14.7. The van der Waals surface area contributed by atoms with Gasteiger partial charge in [0.1, 0.15) is 5.82 Å². The van der Waals surface area contributed by atoms with Crippen LogP contribution >= 0.6 is 11.6 Å². The highest BCUT2D eigenvalue weighted by atomic mass is 35.5. The number of benzene rings is 1. The lowest BCUT2D eigenvalue weighted by Crippen LogP contribution is -2.28. The van der Waals surface area contributed by atoms with Crippen molar-refractivity contribution in [3.63, 3.8) is 0 Å². The molecule has 20 heavy (non-hydrogen) atoms. The number of aryl methyl sites for hydroxylation is 2. The summed E-state index contributed by atoms with van der Waals surface area (Å²) in [6.07, 6.45) is 1.11. The van der Waals surface area contributed by atoms with Gasteiger partial charge in [0, 0.05) is 12.6 Å². The molecule has 0 atom stereocenters. The zero-order valence-corrected chi connectivity index (χ0v) is 13.6. The van der Waals surface area contributed by atoms with Crippen LogP contribution in [0.3, 0.4) is 0 Å². The van der Waals surface area contributed by atoms with E-state index >= 15 is 0 Å². The number of nitrogens with zero attached hydrogens (tertiary/aromatic N) is 3. The first-order valence-electron chi connectivity index (χ1n) is 7.25. The molecule has 0 saturated heterocycles. The summed E-state index contributed by atoms with van der Waals surface area (Å²) in [5.74, 6) is 1.44. The van der Waals surface area contributed by atoms with Gasteiger partial charge in [0.2, 0.25) is 0 Å². The number of hydrogen-bond acceptors (Lipinski definition) is 2. The first-order chi connectivity index (χ1) is 9.52. The van der Waals surface area contributed by atoms with Crippen molar-refractivity contribution >= 4 is 22.6 Å². The van der Waals surface area contributed by atoms with E-state index in [1.54, 1.807) is 0 Å². The van der Waals surface area contributed by atoms with Gasteiger partial charge in [0.15, 0.2) is 0 Å². The number of halogens is 1. The molecule has 0 amide bonds. The quantitative estimate of drug-likeness (QED) is 0.755. The average molecular weight is 294 g/mol. The minimum atomic E-state index is 0.466. The molecule has 0 N–H and O–H groups in total. The Labute approximate surface area is 126 Å². The summed E-state index contributed by atoms with van der Waals surface area (Å²) in [4.78, 5) is 7.01. The predicted molar refractivity (Wildman–Crippen MR) is 86.4 cm³/mol. The fourth-order valence-electron chi connectivity index (χ4n) is 2.38. The molecular weight excluding hydrogens is 270 g/mol. The van der Waals surface area contributed by atoms with Gasteiger partial charge in [-0.05, 0) is 58.5 Å². The van der Waals surface area contributed by atoms with Crippen molar-refractivity contribution in [3.8, 4) is 0 Å². The van der Waals surface area contributed by atoms with E-state index in [0.29, 0.717) is 11.9 Å². The van der Waals surface area contributed by atoms with Crippen molar-refractivity contribution in [2.75, 3.05) is 13.6 Å². The maximum absolute atomic E-state index is 6.04. The van der Waals surface area contributed by atoms with Crippen LogP contribution in [0.2, 0.25) is 0 Å². The largest absolute Gasteiger partial charge is 0.327 e. The molecule has 1 heterocycles. The first kappa shape index (κ1) is 15.3. The highest BCUT2D eigenvalue weighted by molar-refractivity contribution is 6.16. The SMILES string of the molecule is Cc1ccc2c(c1)nc(CCl)n2CCCN(C)C(C)C. The zero-order valence-electron chi connectivity index (χ0n) is 12.9. The lowest BCUT2D eigenvalue weighted by molar-refractivity contribution is 0.265. The Balaban J connectivity index is 2.16. The monoisotopic (exact) mass is 293 g/mol. The van der Waals surface area contributed by atoms with Crippen LogP contribution < -0.4 is 0 Å². The first-order valence-corrected chi connectivity index (χ1v) is 7.78. The molecule has 0 spiro atoms. The Kier molecular flexibility index (Phi) is 5.06. The van der Waals surface area contributed by atoms with E-state index in [2.05, 4.69) is 60.5 Å². The summed E-state index contributed by atoms with van der Waals surface area (Å²) in [5, 5.41) is 0. The molecule has 0 saturated carbocycles. The Morgan fingerprint density at radius 2 is 2.10 bits per heavy atom. The molecule has 0 radical (unpaired) electrons. The van der Waals surface area contributed by atoms with E-state index in [1.807, 2.05) is 0 Å². The van der Waals surface area contributed by atoms with Crippen molar-refractivity contribution in [3.05, 3.63) is 29.6 Å². The second kappa shape index (κ2) is 6.59. The van der Waals surface area contributed by atoms with E-state index < -0.39 is 0 Å². The molecule has 4 heteroatoms. The number of fused-ring (bicyclic) bond motifs is 1. The number of hydrogen-bond donors (Lipinski definition) is 0. The van der Waals surface area contributed by atoms with Crippen molar-refractivity contribution < 1.29 is 0 Å². The van der Waals surface area contributed by atoms with E-state index in [0.717, 1.165) is 30.9 Å². The number of rotatable bonds is 6. The van der Waals surface area contributed by atoms with Crippen molar-refractivity contribution in [2.24, 2.45) is 0 Å². The molecule has 1 aromatic heterocycles. The summed E-state index contributed by atoms with van der Waals surface area (Å²) in [6.45, 7) is 8.60. The third-order valence-corrected chi connectivity index (χ3v) is 4.12. The molecule has 110 valence electrons. The van der Waals surface area contributed by atoms with Crippen LogP contribution in [0, 0.1) is 6.92 Å². The van der Waals surface area contributed by atoms with Crippen molar-refractivity contribution in [1.29, 1.82) is 0 Å². The summed E-state index contributed by atoms with van der Waals surface area (Å²) < 4.78 is 2.26. The summed E-state index contributed by atoms with van der Waals surface area (Å²) in [7, 11) is 2.17. The van der Waals surface area contributed by atoms with Gasteiger partial charge in [0.05, 0.1) is 16.9 Å². The van der Waals surface area contributed by atoms with Gasteiger partial charge >= 0.3 is 0 Å². The molecule has 0 aliphatic rings. The van der Waals surface area contributed by atoms with Gasteiger partial charge in [0.25, 0.3) is 0 Å². The van der Waals surface area contributed by atoms with E-state index in [9.17, 15) is 0 Å². The molecule has 3 nitrogen and oxygen atoms in total. The predicted octanol–water partition coefficient (Wildman–Crippen LogP) is 3.81. The summed E-state index contributed by atoms with van der Waals surface area (Å²) in [5.41, 5.74) is 3.49. The van der Waals surface area contributed by atoms with Gasteiger partial charge in [-0.15, -0.1) is 11.6 Å². The van der Waals surface area contributed by atoms with Crippen LogP contribution in [0.25, 0.3) is 11.0 Å². The van der Waals surface area contributed by atoms with E-state index in [-0.39, 0.29) is 0 Å². The molecule has 1 aromatic carbocycles. The molecule has 0 aliphatic heterocycles. The maximum atomic E-state index is 6.04. The number of alkyl halides is 1. The second-order valence-corrected chi connectivity index (χ2v) is 6.00. The van der Waals surface area contributed by atoms with Gasteiger partial charge in [-0.2, -0.15) is 0 Å². The van der Waals surface area contributed by atoms with E-state index in [4.69, 9.17) is 11.6 Å². The lowest BCUT2D eigenvalue weighted by Gasteiger charge is -2.21. The normalized spacial score (nSPS) is 11.9. The van der Waals surface area contributed by atoms with E-state index in [1.165, 1.54) is 11.1 Å². The highest BCUT2D eigenvalue weighted by Crippen LogP contribution is 2.19. The molecule has 0 fully saturated rings. The van der Waals surface area contributed by atoms with Crippen LogP contribution in [0.1, 0.15) is 31.7 Å². The highest BCUT2D eigenvalue weighted by Gasteiger charge is 2.10. The minimum absolute atomic E-state index is 0.466.